The van der Waals surface area contributed by atoms with E-state index >= 15 is 0 Å². The molecule has 0 atom stereocenters. The van der Waals surface area contributed by atoms with Gasteiger partial charge in [0.1, 0.15) is 11.8 Å². The summed E-state index contributed by atoms with van der Waals surface area (Å²) in [5, 5.41) is 16.6. The Morgan fingerprint density at radius 2 is 2.20 bits per heavy atom. The van der Waals surface area contributed by atoms with Crippen LogP contribution in [0.5, 0.6) is 0 Å². The van der Waals surface area contributed by atoms with Crippen LogP contribution in [0.1, 0.15) is 0 Å². The molecule has 0 aliphatic carbocycles. The highest BCUT2D eigenvalue weighted by atomic mass is 15.1. The molecular weight excluding hydrogens is 130 g/mol. The van der Waals surface area contributed by atoms with Crippen molar-refractivity contribution in [2.75, 3.05) is 0 Å². The van der Waals surface area contributed by atoms with Crippen LogP contribution in [0.25, 0.3) is 5.41 Å². The van der Waals surface area contributed by atoms with E-state index in [4.69, 9.17) is 16.4 Å². The molecule has 0 radical (unpaired) electrons. The summed E-state index contributed by atoms with van der Waals surface area (Å²) in [7, 11) is 0. The molecule has 2 N–H and O–H groups in total. The molecule has 1 aliphatic heterocycles. The minimum Gasteiger partial charge on any atom is -0.761 e. The van der Waals surface area contributed by atoms with Gasteiger partial charge in [-0.25, -0.2) is 10.9 Å². The molecule has 0 amide bonds. The van der Waals surface area contributed by atoms with Crippen molar-refractivity contribution >= 4 is 17.5 Å². The molecular formula is C5H2N5-. The van der Waals surface area contributed by atoms with Gasteiger partial charge in [0, 0.05) is 0 Å². The first kappa shape index (κ1) is 6.20. The zero-order chi connectivity index (χ0) is 7.56. The fraction of sp³-hybridized carbons (Fsp3) is 0. The lowest BCUT2D eigenvalue weighted by Gasteiger charge is -1.83. The summed E-state index contributed by atoms with van der Waals surface area (Å²) in [6.07, 6.45) is 0. The SMILES string of the molecule is N#CC1=NC(N)=NC1=C=[N-]. The smallest absolute Gasteiger partial charge is 0.222 e. The topological polar surface area (TPSA) is 96.8 Å². The molecule has 1 aliphatic rings. The summed E-state index contributed by atoms with van der Waals surface area (Å²) in [5.41, 5.74) is 5.08. The number of aliphatic imine (C=N–C) groups is 2. The molecule has 0 spiro atoms. The van der Waals surface area contributed by atoms with E-state index in [0.29, 0.717) is 0 Å². The standard InChI is InChI=1S/C5H2N5/c6-1-3-4(2-7)10-5(8)9-3/h(H2,8,9)/q-1. The predicted octanol–water partition coefficient (Wildman–Crippen LogP) is -0.598. The maximum atomic E-state index is 8.30. The van der Waals surface area contributed by atoms with Crippen LogP contribution in [-0.2, 0) is 0 Å². The second-order valence-electron chi connectivity index (χ2n) is 1.50. The summed E-state index contributed by atoms with van der Waals surface area (Å²) in [4.78, 5) is 6.97. The second kappa shape index (κ2) is 2.13. The number of nitriles is 1. The number of rotatable bonds is 0. The molecule has 0 unspecified atom stereocenters. The molecule has 1 rings (SSSR count). The third kappa shape index (κ3) is 0.791. The Morgan fingerprint density at radius 3 is 2.60 bits per heavy atom. The van der Waals surface area contributed by atoms with Crippen molar-refractivity contribution in [3.8, 4) is 6.07 Å². The summed E-state index contributed by atoms with van der Waals surface area (Å²) in [5.74, 6) is 1.66. The van der Waals surface area contributed by atoms with Gasteiger partial charge in [0.15, 0.2) is 5.71 Å². The lowest BCUT2D eigenvalue weighted by atomic mass is 10.3. The largest absolute Gasteiger partial charge is 0.761 e. The van der Waals surface area contributed by atoms with E-state index in [1.54, 1.807) is 11.9 Å². The molecule has 5 nitrogen and oxygen atoms in total. The van der Waals surface area contributed by atoms with Crippen molar-refractivity contribution < 1.29 is 0 Å². The minimum atomic E-state index is -0.0342. The second-order valence-corrected chi connectivity index (χ2v) is 1.50. The maximum Gasteiger partial charge on any atom is 0.222 e. The quantitative estimate of drug-likeness (QED) is 0.445. The summed E-state index contributed by atoms with van der Waals surface area (Å²) in [6.45, 7) is 0. The van der Waals surface area contributed by atoms with E-state index in [-0.39, 0.29) is 17.4 Å². The average Bonchev–Trinajstić information content (AvgIpc) is 2.30. The summed E-state index contributed by atoms with van der Waals surface area (Å²) in [6, 6.07) is 1.69. The van der Waals surface area contributed by atoms with Crippen molar-refractivity contribution in [3.05, 3.63) is 11.1 Å². The van der Waals surface area contributed by atoms with Gasteiger partial charge in [-0.1, -0.05) is 0 Å². The fourth-order valence-electron chi connectivity index (χ4n) is 0.516. The first-order chi connectivity index (χ1) is 4.77. The first-order valence-electron chi connectivity index (χ1n) is 2.38. The highest BCUT2D eigenvalue weighted by molar-refractivity contribution is 6.23. The molecule has 0 bridgehead atoms. The first-order valence-corrected chi connectivity index (χ1v) is 2.38. The molecule has 0 saturated carbocycles. The van der Waals surface area contributed by atoms with Crippen molar-refractivity contribution in [1.82, 2.24) is 0 Å². The third-order valence-electron chi connectivity index (χ3n) is 0.889. The third-order valence-corrected chi connectivity index (χ3v) is 0.889. The van der Waals surface area contributed by atoms with Gasteiger partial charge in [-0.2, -0.15) is 10.3 Å². The summed E-state index contributed by atoms with van der Waals surface area (Å²) >= 11 is 0. The van der Waals surface area contributed by atoms with Crippen molar-refractivity contribution in [2.24, 2.45) is 15.7 Å². The Morgan fingerprint density at radius 1 is 1.50 bits per heavy atom. The van der Waals surface area contributed by atoms with Crippen LogP contribution < -0.4 is 5.73 Å². The van der Waals surface area contributed by atoms with Crippen LogP contribution in [0.4, 0.5) is 0 Å². The normalized spacial score (nSPS) is 15.3. The molecule has 1 heterocycles. The molecule has 48 valence electrons. The lowest BCUT2D eigenvalue weighted by Crippen LogP contribution is -2.04. The zero-order valence-electron chi connectivity index (χ0n) is 4.87. The molecule has 0 aromatic heterocycles. The van der Waals surface area contributed by atoms with Crippen LogP contribution in [0, 0.1) is 11.3 Å². The van der Waals surface area contributed by atoms with Gasteiger partial charge in [-0.15, -0.1) is 0 Å². The number of guanidine groups is 1. The minimum absolute atomic E-state index is 0.0139. The van der Waals surface area contributed by atoms with Crippen LogP contribution in [0.3, 0.4) is 0 Å². The van der Waals surface area contributed by atoms with Gasteiger partial charge < -0.3 is 11.1 Å². The molecule has 0 aromatic carbocycles. The molecule has 10 heavy (non-hydrogen) atoms. The maximum absolute atomic E-state index is 8.30. The molecule has 0 fully saturated rings. The van der Waals surface area contributed by atoms with Crippen molar-refractivity contribution in [1.29, 1.82) is 5.26 Å². The van der Waals surface area contributed by atoms with Crippen LogP contribution in [-0.4, -0.2) is 17.5 Å². The van der Waals surface area contributed by atoms with E-state index in [1.807, 2.05) is 0 Å². The van der Waals surface area contributed by atoms with E-state index < -0.39 is 0 Å². The Kier molecular flexibility index (Phi) is 1.32. The highest BCUT2D eigenvalue weighted by Gasteiger charge is 2.10. The van der Waals surface area contributed by atoms with Gasteiger partial charge in [-0.05, 0) is 0 Å². The summed E-state index contributed by atoms with van der Waals surface area (Å²) < 4.78 is 0. The van der Waals surface area contributed by atoms with Crippen molar-refractivity contribution in [2.45, 2.75) is 0 Å². The number of hydrogen-bond acceptors (Lipinski definition) is 4. The Bertz CT molecular complexity index is 309. The van der Waals surface area contributed by atoms with E-state index in [9.17, 15) is 0 Å². The molecule has 5 heteroatoms. The Labute approximate surface area is 56.7 Å². The van der Waals surface area contributed by atoms with Gasteiger partial charge in [0.25, 0.3) is 0 Å². The van der Waals surface area contributed by atoms with Gasteiger partial charge in [-0.3, -0.25) is 0 Å². The van der Waals surface area contributed by atoms with Crippen molar-refractivity contribution in [3.63, 3.8) is 0 Å². The fourth-order valence-corrected chi connectivity index (χ4v) is 0.516. The average molecular weight is 132 g/mol. The number of nitrogens with two attached hydrogens (primary N) is 1. The highest BCUT2D eigenvalue weighted by Crippen LogP contribution is 2.02. The zero-order valence-corrected chi connectivity index (χ0v) is 4.87. The van der Waals surface area contributed by atoms with Crippen LogP contribution >= 0.6 is 0 Å². The number of allylic oxidation sites excluding steroid dienone is 1. The molecule has 0 saturated heterocycles. The van der Waals surface area contributed by atoms with E-state index in [2.05, 4.69) is 9.98 Å². The van der Waals surface area contributed by atoms with Gasteiger partial charge >= 0.3 is 0 Å². The predicted molar refractivity (Wildman–Crippen MR) is 36.5 cm³/mol. The van der Waals surface area contributed by atoms with E-state index in [1.165, 1.54) is 0 Å². The monoisotopic (exact) mass is 132 g/mol. The van der Waals surface area contributed by atoms with Crippen LogP contribution in [0.15, 0.2) is 15.7 Å². The Balaban J connectivity index is 3.16. The van der Waals surface area contributed by atoms with Gasteiger partial charge in [0.05, 0.1) is 0 Å². The number of nitrogens with zero attached hydrogens (tertiary/aromatic N) is 4. The van der Waals surface area contributed by atoms with Gasteiger partial charge in [0.2, 0.25) is 5.96 Å². The number of hydrogen-bond donors (Lipinski definition) is 1. The lowest BCUT2D eigenvalue weighted by molar-refractivity contribution is 1.48. The Hall–Kier alpha value is -1.92. The van der Waals surface area contributed by atoms with E-state index in [0.717, 1.165) is 0 Å². The van der Waals surface area contributed by atoms with Crippen LogP contribution in [0.2, 0.25) is 0 Å². The molecule has 0 aromatic rings.